The van der Waals surface area contributed by atoms with Gasteiger partial charge >= 0.3 is 6.03 Å². The van der Waals surface area contributed by atoms with Crippen LogP contribution >= 0.6 is 0 Å². The van der Waals surface area contributed by atoms with Crippen LogP contribution in [-0.4, -0.2) is 30.6 Å². The first-order chi connectivity index (χ1) is 12.7. The van der Waals surface area contributed by atoms with Crippen LogP contribution in [0.15, 0.2) is 42.6 Å². The normalized spacial score (nSPS) is 17.3. The average Bonchev–Trinajstić information content (AvgIpc) is 3.11. The molecular weight excluding hydrogens is 324 g/mol. The average molecular weight is 350 g/mol. The Bertz CT molecular complexity index is 766. The number of benzene rings is 1. The number of piperidine rings is 1. The lowest BCUT2D eigenvalue weighted by Gasteiger charge is -2.31. The molecule has 1 N–H and O–H groups in total. The first-order valence-corrected chi connectivity index (χ1v) is 9.54. The van der Waals surface area contributed by atoms with Crippen LogP contribution in [0.3, 0.4) is 0 Å². The summed E-state index contributed by atoms with van der Waals surface area (Å²) in [6, 6.07) is 12.2. The van der Waals surface area contributed by atoms with E-state index in [9.17, 15) is 4.79 Å². The SMILES string of the molecule is CC1CCN(c2ccc(CNC(=O)N3CCc4ccccc43)cn2)CC1. The van der Waals surface area contributed by atoms with E-state index in [2.05, 4.69) is 40.3 Å². The number of rotatable bonds is 3. The predicted molar refractivity (Wildman–Crippen MR) is 105 cm³/mol. The molecule has 2 aliphatic heterocycles. The number of carbonyl (C=O) groups excluding carboxylic acids is 1. The Labute approximate surface area is 155 Å². The van der Waals surface area contributed by atoms with Crippen molar-refractivity contribution < 1.29 is 4.79 Å². The third-order valence-electron chi connectivity index (χ3n) is 5.49. The fourth-order valence-electron chi connectivity index (χ4n) is 3.77. The van der Waals surface area contributed by atoms with Gasteiger partial charge in [0.25, 0.3) is 0 Å². The molecule has 0 saturated carbocycles. The van der Waals surface area contributed by atoms with Crippen LogP contribution in [0.1, 0.15) is 30.9 Å². The molecule has 1 aromatic carbocycles. The topological polar surface area (TPSA) is 48.5 Å². The lowest BCUT2D eigenvalue weighted by Crippen LogP contribution is -2.38. The number of carbonyl (C=O) groups is 1. The molecular formula is C21H26N4O. The van der Waals surface area contributed by atoms with Gasteiger partial charge in [0.05, 0.1) is 0 Å². The van der Waals surface area contributed by atoms with E-state index in [0.29, 0.717) is 6.54 Å². The molecule has 2 amide bonds. The summed E-state index contributed by atoms with van der Waals surface area (Å²) >= 11 is 0. The molecule has 3 heterocycles. The van der Waals surface area contributed by atoms with E-state index in [1.54, 1.807) is 0 Å². The molecule has 0 radical (unpaired) electrons. The fraction of sp³-hybridized carbons (Fsp3) is 0.429. The summed E-state index contributed by atoms with van der Waals surface area (Å²) in [5, 5.41) is 3.02. The minimum atomic E-state index is -0.0379. The van der Waals surface area contributed by atoms with Crippen LogP contribution in [0.2, 0.25) is 0 Å². The van der Waals surface area contributed by atoms with E-state index in [0.717, 1.165) is 49.0 Å². The van der Waals surface area contributed by atoms with E-state index in [1.165, 1.54) is 18.4 Å². The predicted octanol–water partition coefficient (Wildman–Crippen LogP) is 3.59. The zero-order chi connectivity index (χ0) is 17.9. The highest BCUT2D eigenvalue weighted by Gasteiger charge is 2.23. The molecule has 5 heteroatoms. The number of anilines is 2. The monoisotopic (exact) mass is 350 g/mol. The maximum absolute atomic E-state index is 12.5. The first kappa shape index (κ1) is 16.9. The van der Waals surface area contributed by atoms with Gasteiger partial charge < -0.3 is 10.2 Å². The number of para-hydroxylation sites is 1. The van der Waals surface area contributed by atoms with Crippen molar-refractivity contribution in [3.8, 4) is 0 Å². The van der Waals surface area contributed by atoms with Crippen LogP contribution < -0.4 is 15.1 Å². The minimum absolute atomic E-state index is 0.0379. The number of amides is 2. The Balaban J connectivity index is 1.33. The molecule has 0 atom stereocenters. The molecule has 2 aliphatic rings. The van der Waals surface area contributed by atoms with Gasteiger partial charge in [-0.25, -0.2) is 9.78 Å². The van der Waals surface area contributed by atoms with E-state index in [-0.39, 0.29) is 6.03 Å². The van der Waals surface area contributed by atoms with Gasteiger partial charge in [-0.2, -0.15) is 0 Å². The second-order valence-corrected chi connectivity index (χ2v) is 7.38. The molecule has 1 saturated heterocycles. The van der Waals surface area contributed by atoms with Gasteiger partial charge in [0.1, 0.15) is 5.82 Å². The van der Waals surface area contributed by atoms with Gasteiger partial charge in [0.2, 0.25) is 0 Å². The Morgan fingerprint density at radius 1 is 1.15 bits per heavy atom. The molecule has 0 unspecified atom stereocenters. The van der Waals surface area contributed by atoms with Crippen LogP contribution in [-0.2, 0) is 13.0 Å². The van der Waals surface area contributed by atoms with Gasteiger partial charge in [-0.1, -0.05) is 31.2 Å². The number of hydrogen-bond acceptors (Lipinski definition) is 3. The number of aromatic nitrogens is 1. The van der Waals surface area contributed by atoms with E-state index in [1.807, 2.05) is 29.3 Å². The van der Waals surface area contributed by atoms with Crippen molar-refractivity contribution in [1.29, 1.82) is 0 Å². The van der Waals surface area contributed by atoms with Gasteiger partial charge in [0.15, 0.2) is 0 Å². The van der Waals surface area contributed by atoms with Gasteiger partial charge in [0, 0.05) is 38.1 Å². The standard InChI is InChI=1S/C21H26N4O/c1-16-8-11-24(12-9-16)20-7-6-17(14-22-20)15-23-21(26)25-13-10-18-4-2-3-5-19(18)25/h2-7,14,16H,8-13,15H2,1H3,(H,23,26). The Hall–Kier alpha value is -2.56. The third-order valence-corrected chi connectivity index (χ3v) is 5.49. The van der Waals surface area contributed by atoms with E-state index >= 15 is 0 Å². The summed E-state index contributed by atoms with van der Waals surface area (Å²) in [7, 11) is 0. The number of nitrogens with zero attached hydrogens (tertiary/aromatic N) is 3. The maximum atomic E-state index is 12.5. The van der Waals surface area contributed by atoms with Crippen molar-refractivity contribution in [3.63, 3.8) is 0 Å². The van der Waals surface area contributed by atoms with Gasteiger partial charge in [-0.05, 0) is 48.4 Å². The van der Waals surface area contributed by atoms with E-state index < -0.39 is 0 Å². The Morgan fingerprint density at radius 2 is 1.96 bits per heavy atom. The molecule has 136 valence electrons. The first-order valence-electron chi connectivity index (χ1n) is 9.54. The van der Waals surface area contributed by atoms with Crippen LogP contribution in [0.5, 0.6) is 0 Å². The van der Waals surface area contributed by atoms with Crippen molar-refractivity contribution in [2.24, 2.45) is 5.92 Å². The summed E-state index contributed by atoms with van der Waals surface area (Å²) in [5.41, 5.74) is 3.29. The third kappa shape index (κ3) is 3.52. The molecule has 2 aromatic rings. The Kier molecular flexibility index (Phi) is 4.78. The molecule has 1 fully saturated rings. The fourth-order valence-corrected chi connectivity index (χ4v) is 3.77. The molecule has 0 spiro atoms. The number of urea groups is 1. The molecule has 4 rings (SSSR count). The number of pyridine rings is 1. The minimum Gasteiger partial charge on any atom is -0.357 e. The summed E-state index contributed by atoms with van der Waals surface area (Å²) in [6.45, 7) is 5.73. The van der Waals surface area contributed by atoms with Crippen molar-refractivity contribution in [2.45, 2.75) is 32.7 Å². The lowest BCUT2D eigenvalue weighted by molar-refractivity contribution is 0.246. The van der Waals surface area contributed by atoms with Crippen molar-refractivity contribution in [2.75, 3.05) is 29.4 Å². The molecule has 26 heavy (non-hydrogen) atoms. The van der Waals surface area contributed by atoms with Crippen LogP contribution in [0.4, 0.5) is 16.3 Å². The number of nitrogens with one attached hydrogen (secondary N) is 1. The molecule has 1 aromatic heterocycles. The quantitative estimate of drug-likeness (QED) is 0.920. The molecule has 0 bridgehead atoms. The van der Waals surface area contributed by atoms with Crippen molar-refractivity contribution in [1.82, 2.24) is 10.3 Å². The molecule has 5 nitrogen and oxygen atoms in total. The highest BCUT2D eigenvalue weighted by Crippen LogP contribution is 2.27. The Morgan fingerprint density at radius 3 is 2.73 bits per heavy atom. The highest BCUT2D eigenvalue weighted by molar-refractivity contribution is 5.94. The lowest BCUT2D eigenvalue weighted by atomic mass is 9.99. The number of hydrogen-bond donors (Lipinski definition) is 1. The smallest absolute Gasteiger partial charge is 0.322 e. The van der Waals surface area contributed by atoms with Crippen molar-refractivity contribution in [3.05, 3.63) is 53.7 Å². The highest BCUT2D eigenvalue weighted by atomic mass is 16.2. The number of fused-ring (bicyclic) bond motifs is 1. The second kappa shape index (κ2) is 7.36. The summed E-state index contributed by atoms with van der Waals surface area (Å²) < 4.78 is 0. The van der Waals surface area contributed by atoms with Gasteiger partial charge in [-0.15, -0.1) is 0 Å². The van der Waals surface area contributed by atoms with Crippen LogP contribution in [0, 0.1) is 5.92 Å². The van der Waals surface area contributed by atoms with Gasteiger partial charge in [-0.3, -0.25) is 4.90 Å². The largest absolute Gasteiger partial charge is 0.357 e. The van der Waals surface area contributed by atoms with Crippen molar-refractivity contribution >= 4 is 17.5 Å². The van der Waals surface area contributed by atoms with E-state index in [4.69, 9.17) is 0 Å². The second-order valence-electron chi connectivity index (χ2n) is 7.38. The zero-order valence-electron chi connectivity index (χ0n) is 15.3. The maximum Gasteiger partial charge on any atom is 0.322 e. The molecule has 0 aliphatic carbocycles. The summed E-state index contributed by atoms with van der Waals surface area (Å²) in [6.07, 6.45) is 5.27. The zero-order valence-corrected chi connectivity index (χ0v) is 15.3. The summed E-state index contributed by atoms with van der Waals surface area (Å²) in [5.74, 6) is 1.86. The van der Waals surface area contributed by atoms with Crippen LogP contribution in [0.25, 0.3) is 0 Å². The summed E-state index contributed by atoms with van der Waals surface area (Å²) in [4.78, 5) is 21.3.